The highest BCUT2D eigenvalue weighted by molar-refractivity contribution is 7.12. The SMILES string of the molecule is O=C(c1cccs1)C1C2(C(=O)Nc3ccccc32)C2CCCN2C12C(=O)Nc1ccc(F)cc12. The van der Waals surface area contributed by atoms with Crippen LogP contribution < -0.4 is 10.6 Å². The van der Waals surface area contributed by atoms with Crippen molar-refractivity contribution in [2.75, 3.05) is 17.2 Å². The van der Waals surface area contributed by atoms with Gasteiger partial charge in [0, 0.05) is 23.0 Å². The van der Waals surface area contributed by atoms with Crippen molar-refractivity contribution in [2.24, 2.45) is 5.92 Å². The second kappa shape index (κ2) is 6.61. The van der Waals surface area contributed by atoms with E-state index in [2.05, 4.69) is 10.6 Å². The van der Waals surface area contributed by atoms with Gasteiger partial charge in [0.15, 0.2) is 5.78 Å². The molecule has 4 aliphatic rings. The molecule has 0 aliphatic carbocycles. The van der Waals surface area contributed by atoms with Gasteiger partial charge in [0.2, 0.25) is 11.8 Å². The molecule has 2 spiro atoms. The van der Waals surface area contributed by atoms with E-state index >= 15 is 0 Å². The summed E-state index contributed by atoms with van der Waals surface area (Å²) in [6.45, 7) is 0.541. The number of hydrogen-bond acceptors (Lipinski definition) is 5. The van der Waals surface area contributed by atoms with E-state index in [1.54, 1.807) is 18.2 Å². The molecule has 0 radical (unpaired) electrons. The number of nitrogens with one attached hydrogen (secondary N) is 2. The number of para-hydroxylation sites is 1. The Bertz CT molecular complexity index is 1410. The molecule has 4 aliphatic heterocycles. The van der Waals surface area contributed by atoms with Crippen LogP contribution in [0.3, 0.4) is 0 Å². The molecule has 0 saturated carbocycles. The molecule has 2 N–H and O–H groups in total. The fourth-order valence-electron chi connectivity index (χ4n) is 7.08. The fourth-order valence-corrected chi connectivity index (χ4v) is 7.77. The minimum Gasteiger partial charge on any atom is -0.325 e. The number of amides is 2. The van der Waals surface area contributed by atoms with Crippen molar-refractivity contribution in [3.63, 3.8) is 0 Å². The highest BCUT2D eigenvalue weighted by atomic mass is 32.1. The Balaban J connectivity index is 1.60. The summed E-state index contributed by atoms with van der Waals surface area (Å²) in [5.41, 5.74) is -0.411. The van der Waals surface area contributed by atoms with Crippen molar-refractivity contribution in [1.29, 1.82) is 0 Å². The van der Waals surface area contributed by atoms with Gasteiger partial charge >= 0.3 is 0 Å². The van der Waals surface area contributed by atoms with E-state index in [4.69, 9.17) is 0 Å². The van der Waals surface area contributed by atoms with E-state index in [0.29, 0.717) is 34.8 Å². The lowest BCUT2D eigenvalue weighted by molar-refractivity contribution is -0.128. The predicted octanol–water partition coefficient (Wildman–Crippen LogP) is 3.90. The predicted molar refractivity (Wildman–Crippen MR) is 125 cm³/mol. The fraction of sp³-hybridized carbons (Fsp3) is 0.269. The quantitative estimate of drug-likeness (QED) is 0.554. The zero-order valence-electron chi connectivity index (χ0n) is 18.0. The molecule has 0 bridgehead atoms. The maximum atomic E-state index is 14.6. The molecule has 4 atom stereocenters. The Labute approximate surface area is 198 Å². The van der Waals surface area contributed by atoms with Gasteiger partial charge in [-0.25, -0.2) is 4.39 Å². The number of fused-ring (bicyclic) bond motifs is 7. The summed E-state index contributed by atoms with van der Waals surface area (Å²) in [6.07, 6.45) is 1.44. The molecule has 4 unspecified atom stereocenters. The molecular formula is C26H20FN3O3S. The van der Waals surface area contributed by atoms with Gasteiger partial charge in [-0.3, -0.25) is 19.3 Å². The lowest BCUT2D eigenvalue weighted by atomic mass is 9.60. The third kappa shape index (κ3) is 2.12. The highest BCUT2D eigenvalue weighted by Gasteiger charge is 2.78. The number of ketones is 1. The Morgan fingerprint density at radius 1 is 1.00 bits per heavy atom. The average molecular weight is 474 g/mol. The largest absolute Gasteiger partial charge is 0.325 e. The summed E-state index contributed by atoms with van der Waals surface area (Å²) in [7, 11) is 0. The molecule has 170 valence electrons. The van der Waals surface area contributed by atoms with E-state index in [1.165, 1.54) is 23.5 Å². The Morgan fingerprint density at radius 3 is 2.62 bits per heavy atom. The topological polar surface area (TPSA) is 78.5 Å². The number of carbonyl (C=O) groups excluding carboxylic acids is 3. The number of nitrogens with zero attached hydrogens (tertiary/aromatic N) is 1. The van der Waals surface area contributed by atoms with Gasteiger partial charge in [0.25, 0.3) is 0 Å². The molecule has 5 heterocycles. The number of benzene rings is 2. The first-order valence-electron chi connectivity index (χ1n) is 11.4. The van der Waals surface area contributed by atoms with Crippen LogP contribution in [0.5, 0.6) is 0 Å². The number of hydrogen-bond donors (Lipinski definition) is 2. The van der Waals surface area contributed by atoms with Gasteiger partial charge in [-0.1, -0.05) is 24.3 Å². The molecule has 2 amide bonds. The first-order valence-corrected chi connectivity index (χ1v) is 12.3. The van der Waals surface area contributed by atoms with Crippen molar-refractivity contribution in [1.82, 2.24) is 4.90 Å². The molecule has 2 aromatic carbocycles. The molecule has 2 fully saturated rings. The van der Waals surface area contributed by atoms with E-state index in [1.807, 2.05) is 34.5 Å². The van der Waals surface area contributed by atoms with E-state index in [0.717, 1.165) is 12.0 Å². The zero-order chi connectivity index (χ0) is 23.2. The number of Topliss-reactive ketones (excluding diaryl/α,β-unsaturated/α-hetero) is 1. The smallest absolute Gasteiger partial charge is 0.250 e. The van der Waals surface area contributed by atoms with E-state index in [9.17, 15) is 18.8 Å². The third-order valence-corrected chi connectivity index (χ3v) is 9.00. The van der Waals surface area contributed by atoms with Crippen LogP contribution in [0.15, 0.2) is 60.0 Å². The van der Waals surface area contributed by atoms with Crippen LogP contribution in [-0.2, 0) is 20.5 Å². The zero-order valence-corrected chi connectivity index (χ0v) is 18.8. The van der Waals surface area contributed by atoms with Crippen molar-refractivity contribution in [2.45, 2.75) is 29.8 Å². The number of thiophene rings is 1. The maximum absolute atomic E-state index is 14.6. The van der Waals surface area contributed by atoms with Crippen molar-refractivity contribution < 1.29 is 18.8 Å². The summed E-state index contributed by atoms with van der Waals surface area (Å²) in [5, 5.41) is 7.74. The Morgan fingerprint density at radius 2 is 1.79 bits per heavy atom. The summed E-state index contributed by atoms with van der Waals surface area (Å²) < 4.78 is 14.6. The van der Waals surface area contributed by atoms with Crippen LogP contribution in [0.2, 0.25) is 0 Å². The number of halogens is 1. The monoisotopic (exact) mass is 473 g/mol. The summed E-state index contributed by atoms with van der Waals surface area (Å²) in [4.78, 5) is 44.9. The normalized spacial score (nSPS) is 31.0. The van der Waals surface area contributed by atoms with Crippen LogP contribution in [-0.4, -0.2) is 35.1 Å². The van der Waals surface area contributed by atoms with Crippen molar-refractivity contribution in [3.8, 4) is 0 Å². The number of rotatable bonds is 2. The summed E-state index contributed by atoms with van der Waals surface area (Å²) in [5.74, 6) is -2.43. The summed E-state index contributed by atoms with van der Waals surface area (Å²) >= 11 is 1.29. The molecule has 8 heteroatoms. The maximum Gasteiger partial charge on any atom is 0.250 e. The number of carbonyl (C=O) groups is 3. The van der Waals surface area contributed by atoms with Gasteiger partial charge < -0.3 is 10.6 Å². The first kappa shape index (κ1) is 20.1. The van der Waals surface area contributed by atoms with Crippen LogP contribution in [0, 0.1) is 11.7 Å². The van der Waals surface area contributed by atoms with E-state index in [-0.39, 0.29) is 23.6 Å². The van der Waals surface area contributed by atoms with Crippen LogP contribution in [0.4, 0.5) is 15.8 Å². The van der Waals surface area contributed by atoms with Gasteiger partial charge in [0.05, 0.1) is 10.8 Å². The third-order valence-electron chi connectivity index (χ3n) is 8.11. The van der Waals surface area contributed by atoms with Gasteiger partial charge in [-0.05, 0) is 60.7 Å². The number of anilines is 2. The second-order valence-electron chi connectivity index (χ2n) is 9.41. The minimum atomic E-state index is -1.48. The Hall–Kier alpha value is -3.36. The molecule has 34 heavy (non-hydrogen) atoms. The van der Waals surface area contributed by atoms with Gasteiger partial charge in [-0.15, -0.1) is 11.3 Å². The molecule has 6 nitrogen and oxygen atoms in total. The van der Waals surface area contributed by atoms with Gasteiger partial charge in [0.1, 0.15) is 16.8 Å². The van der Waals surface area contributed by atoms with Crippen molar-refractivity contribution in [3.05, 3.63) is 81.8 Å². The first-order chi connectivity index (χ1) is 16.5. The van der Waals surface area contributed by atoms with Crippen LogP contribution >= 0.6 is 11.3 Å². The molecule has 1 aromatic heterocycles. The average Bonchev–Trinajstić information content (AvgIpc) is 3.62. The van der Waals surface area contributed by atoms with E-state index < -0.39 is 22.7 Å². The molecule has 7 rings (SSSR count). The molecule has 3 aromatic rings. The standard InChI is InChI=1S/C26H20FN3O3S/c27-14-9-10-18-16(13-14)26(24(33)29-18)22(21(31)19-7-4-12-34-19)25(20-8-3-11-30(20)26)15-5-1-2-6-17(15)28-23(25)32/h1-2,4-7,9-10,12-13,20,22H,3,8,11H2,(H,28,32)(H,29,33). The Kier molecular flexibility index (Phi) is 3.90. The molecule has 2 saturated heterocycles. The lowest BCUT2D eigenvalue weighted by Gasteiger charge is -2.38. The van der Waals surface area contributed by atoms with Crippen LogP contribution in [0.1, 0.15) is 33.6 Å². The molecular weight excluding hydrogens is 453 g/mol. The minimum absolute atomic E-state index is 0.261. The van der Waals surface area contributed by atoms with Crippen molar-refractivity contribution >= 4 is 40.3 Å². The van der Waals surface area contributed by atoms with Gasteiger partial charge in [-0.2, -0.15) is 0 Å². The highest BCUT2D eigenvalue weighted by Crippen LogP contribution is 2.66. The summed E-state index contributed by atoms with van der Waals surface area (Å²) in [6, 6.07) is 14.8. The lowest BCUT2D eigenvalue weighted by Crippen LogP contribution is -2.55. The van der Waals surface area contributed by atoms with Crippen LogP contribution in [0.25, 0.3) is 0 Å². The second-order valence-corrected chi connectivity index (χ2v) is 10.4.